The standard InChI is InChI=1S/C20H20ClN3O2/c1-23(20(25)16-6-4-8-18(12-16)26-2)14-19-22-9-10-24(19)13-15-5-3-7-17(21)11-15/h3-12H,13-14H2,1-2H3. The number of carbonyl (C=O) groups is 1. The molecule has 0 bridgehead atoms. The molecule has 0 aliphatic rings. The molecule has 1 amide bonds. The van der Waals surface area contributed by atoms with Gasteiger partial charge < -0.3 is 14.2 Å². The van der Waals surface area contributed by atoms with Crippen LogP contribution in [0.3, 0.4) is 0 Å². The van der Waals surface area contributed by atoms with Gasteiger partial charge in [-0.1, -0.05) is 29.8 Å². The van der Waals surface area contributed by atoms with E-state index in [-0.39, 0.29) is 5.91 Å². The maximum absolute atomic E-state index is 12.7. The van der Waals surface area contributed by atoms with E-state index >= 15 is 0 Å². The van der Waals surface area contributed by atoms with Crippen LogP contribution < -0.4 is 4.74 Å². The molecule has 0 saturated heterocycles. The first-order valence-electron chi connectivity index (χ1n) is 8.21. The Labute approximate surface area is 157 Å². The number of benzene rings is 2. The summed E-state index contributed by atoms with van der Waals surface area (Å²) in [6, 6.07) is 14.8. The average molecular weight is 370 g/mol. The quantitative estimate of drug-likeness (QED) is 0.662. The van der Waals surface area contributed by atoms with Crippen molar-refractivity contribution in [3.05, 3.63) is 82.9 Å². The molecular weight excluding hydrogens is 350 g/mol. The number of hydrogen-bond donors (Lipinski definition) is 0. The van der Waals surface area contributed by atoms with E-state index in [1.807, 2.05) is 41.1 Å². The Bertz CT molecular complexity index is 907. The van der Waals surface area contributed by atoms with E-state index in [9.17, 15) is 4.79 Å². The van der Waals surface area contributed by atoms with E-state index in [1.54, 1.807) is 43.5 Å². The van der Waals surface area contributed by atoms with E-state index < -0.39 is 0 Å². The van der Waals surface area contributed by atoms with Crippen LogP contribution in [-0.2, 0) is 13.1 Å². The predicted octanol–water partition coefficient (Wildman–Crippen LogP) is 3.87. The first-order valence-corrected chi connectivity index (χ1v) is 8.58. The first kappa shape index (κ1) is 18.0. The van der Waals surface area contributed by atoms with E-state index in [4.69, 9.17) is 16.3 Å². The Morgan fingerprint density at radius 1 is 1.23 bits per heavy atom. The van der Waals surface area contributed by atoms with Crippen molar-refractivity contribution in [2.45, 2.75) is 13.1 Å². The van der Waals surface area contributed by atoms with Crippen LogP contribution in [-0.4, -0.2) is 34.5 Å². The largest absolute Gasteiger partial charge is 0.497 e. The molecule has 0 spiro atoms. The van der Waals surface area contributed by atoms with Crippen LogP contribution in [0.2, 0.25) is 5.02 Å². The van der Waals surface area contributed by atoms with Crippen molar-refractivity contribution in [2.75, 3.05) is 14.2 Å². The molecule has 3 rings (SSSR count). The molecule has 0 radical (unpaired) electrons. The Morgan fingerprint density at radius 2 is 2.04 bits per heavy atom. The van der Waals surface area contributed by atoms with Gasteiger partial charge in [-0.3, -0.25) is 4.79 Å². The molecule has 0 N–H and O–H groups in total. The number of aromatic nitrogens is 2. The first-order chi connectivity index (χ1) is 12.6. The van der Waals surface area contributed by atoms with Gasteiger partial charge in [0.2, 0.25) is 0 Å². The maximum atomic E-state index is 12.7. The average Bonchev–Trinajstić information content (AvgIpc) is 3.07. The molecule has 0 aliphatic heterocycles. The zero-order chi connectivity index (χ0) is 18.5. The third-order valence-corrected chi connectivity index (χ3v) is 4.32. The monoisotopic (exact) mass is 369 g/mol. The van der Waals surface area contributed by atoms with Gasteiger partial charge in [0, 0.05) is 36.6 Å². The number of carbonyl (C=O) groups excluding carboxylic acids is 1. The molecule has 5 nitrogen and oxygen atoms in total. The molecule has 134 valence electrons. The summed E-state index contributed by atoms with van der Waals surface area (Å²) in [4.78, 5) is 18.7. The van der Waals surface area contributed by atoms with E-state index in [1.165, 1.54) is 0 Å². The summed E-state index contributed by atoms with van der Waals surface area (Å²) in [7, 11) is 3.35. The highest BCUT2D eigenvalue weighted by Crippen LogP contribution is 2.16. The summed E-state index contributed by atoms with van der Waals surface area (Å²) in [6.45, 7) is 1.06. The van der Waals surface area contributed by atoms with Gasteiger partial charge in [-0.25, -0.2) is 4.98 Å². The van der Waals surface area contributed by atoms with Crippen LogP contribution in [0.5, 0.6) is 5.75 Å². The highest BCUT2D eigenvalue weighted by Gasteiger charge is 2.15. The number of halogens is 1. The number of imidazole rings is 1. The summed E-state index contributed by atoms with van der Waals surface area (Å²) >= 11 is 6.06. The summed E-state index contributed by atoms with van der Waals surface area (Å²) in [6.07, 6.45) is 3.64. The zero-order valence-corrected chi connectivity index (χ0v) is 15.5. The lowest BCUT2D eigenvalue weighted by molar-refractivity contribution is 0.0780. The van der Waals surface area contributed by atoms with Crippen LogP contribution in [0.4, 0.5) is 0 Å². The van der Waals surface area contributed by atoms with Gasteiger partial charge in [-0.2, -0.15) is 0 Å². The highest BCUT2D eigenvalue weighted by molar-refractivity contribution is 6.30. The fourth-order valence-electron chi connectivity index (χ4n) is 2.73. The Balaban J connectivity index is 1.72. The fraction of sp³-hybridized carbons (Fsp3) is 0.200. The fourth-order valence-corrected chi connectivity index (χ4v) is 2.94. The molecule has 0 saturated carbocycles. The lowest BCUT2D eigenvalue weighted by Crippen LogP contribution is -2.27. The van der Waals surface area contributed by atoms with Crippen LogP contribution >= 0.6 is 11.6 Å². The third-order valence-electron chi connectivity index (χ3n) is 4.09. The Morgan fingerprint density at radius 3 is 2.81 bits per heavy atom. The second-order valence-electron chi connectivity index (χ2n) is 5.99. The third kappa shape index (κ3) is 4.24. The van der Waals surface area contributed by atoms with Gasteiger partial charge in [0.05, 0.1) is 13.7 Å². The zero-order valence-electron chi connectivity index (χ0n) is 14.7. The van der Waals surface area contributed by atoms with Crippen molar-refractivity contribution in [3.8, 4) is 5.75 Å². The molecule has 3 aromatic rings. The van der Waals surface area contributed by atoms with Crippen LogP contribution in [0, 0.1) is 0 Å². The van der Waals surface area contributed by atoms with E-state index in [0.717, 1.165) is 11.4 Å². The molecule has 1 aromatic heterocycles. The molecule has 1 heterocycles. The van der Waals surface area contributed by atoms with Crippen LogP contribution in [0.15, 0.2) is 60.9 Å². The molecule has 0 unspecified atom stereocenters. The lowest BCUT2D eigenvalue weighted by atomic mass is 10.2. The maximum Gasteiger partial charge on any atom is 0.254 e. The van der Waals surface area contributed by atoms with Gasteiger partial charge in [0.1, 0.15) is 11.6 Å². The highest BCUT2D eigenvalue weighted by atomic mass is 35.5. The molecule has 0 fully saturated rings. The minimum atomic E-state index is -0.0822. The molecular formula is C20H20ClN3O2. The number of nitrogens with zero attached hydrogens (tertiary/aromatic N) is 3. The summed E-state index contributed by atoms with van der Waals surface area (Å²) in [5.74, 6) is 1.39. The van der Waals surface area contributed by atoms with Gasteiger partial charge >= 0.3 is 0 Å². The predicted molar refractivity (Wildman–Crippen MR) is 102 cm³/mol. The summed E-state index contributed by atoms with van der Waals surface area (Å²) in [5.41, 5.74) is 1.67. The number of rotatable bonds is 6. The minimum absolute atomic E-state index is 0.0822. The van der Waals surface area contributed by atoms with Crippen molar-refractivity contribution in [1.29, 1.82) is 0 Å². The Hall–Kier alpha value is -2.79. The topological polar surface area (TPSA) is 47.4 Å². The molecule has 2 aromatic carbocycles. The van der Waals surface area contributed by atoms with Crippen molar-refractivity contribution in [2.24, 2.45) is 0 Å². The van der Waals surface area contributed by atoms with Gasteiger partial charge in [-0.05, 0) is 35.9 Å². The second kappa shape index (κ2) is 8.06. The molecule has 26 heavy (non-hydrogen) atoms. The van der Waals surface area contributed by atoms with Crippen LogP contribution in [0.25, 0.3) is 0 Å². The summed E-state index contributed by atoms with van der Waals surface area (Å²) < 4.78 is 7.20. The molecule has 0 aliphatic carbocycles. The minimum Gasteiger partial charge on any atom is -0.497 e. The van der Waals surface area contributed by atoms with Crippen molar-refractivity contribution >= 4 is 17.5 Å². The number of ether oxygens (including phenoxy) is 1. The van der Waals surface area contributed by atoms with Gasteiger partial charge in [-0.15, -0.1) is 0 Å². The lowest BCUT2D eigenvalue weighted by Gasteiger charge is -2.18. The van der Waals surface area contributed by atoms with Crippen molar-refractivity contribution < 1.29 is 9.53 Å². The number of hydrogen-bond acceptors (Lipinski definition) is 3. The smallest absolute Gasteiger partial charge is 0.254 e. The molecule has 6 heteroatoms. The Kier molecular flexibility index (Phi) is 5.58. The number of methoxy groups -OCH3 is 1. The van der Waals surface area contributed by atoms with Crippen molar-refractivity contribution in [1.82, 2.24) is 14.5 Å². The van der Waals surface area contributed by atoms with Crippen molar-refractivity contribution in [3.63, 3.8) is 0 Å². The number of amides is 1. The SMILES string of the molecule is COc1cccc(C(=O)N(C)Cc2nccn2Cc2cccc(Cl)c2)c1. The van der Waals surface area contributed by atoms with E-state index in [0.29, 0.717) is 29.4 Å². The van der Waals surface area contributed by atoms with Crippen LogP contribution in [0.1, 0.15) is 21.7 Å². The van der Waals surface area contributed by atoms with E-state index in [2.05, 4.69) is 4.98 Å². The second-order valence-corrected chi connectivity index (χ2v) is 6.43. The molecule has 0 atom stereocenters. The van der Waals surface area contributed by atoms with Gasteiger partial charge in [0.15, 0.2) is 0 Å². The normalized spacial score (nSPS) is 10.6. The van der Waals surface area contributed by atoms with Gasteiger partial charge in [0.25, 0.3) is 5.91 Å². The summed E-state index contributed by atoms with van der Waals surface area (Å²) in [5, 5.41) is 0.703.